The molecule has 8 nitrogen and oxygen atoms in total. The number of hydrogen-bond donors (Lipinski definition) is 0. The van der Waals surface area contributed by atoms with Gasteiger partial charge in [0.2, 0.25) is 0 Å². The molecule has 2 aliphatic carbocycles. The van der Waals surface area contributed by atoms with Crippen LogP contribution in [0.3, 0.4) is 0 Å². The van der Waals surface area contributed by atoms with Crippen molar-refractivity contribution in [1.29, 1.82) is 0 Å². The van der Waals surface area contributed by atoms with E-state index in [1.165, 1.54) is 24.3 Å². The fraction of sp³-hybridized carbons (Fsp3) is 0.348. The van der Waals surface area contributed by atoms with Crippen LogP contribution < -0.4 is 0 Å². The first kappa shape index (κ1) is 20.8. The van der Waals surface area contributed by atoms with Crippen molar-refractivity contribution in [2.75, 3.05) is 0 Å². The molecule has 4 atom stereocenters. The van der Waals surface area contributed by atoms with E-state index in [1.54, 1.807) is 24.3 Å². The second-order valence-electron chi connectivity index (χ2n) is 8.64. The number of hydrazine groups is 1. The highest BCUT2D eigenvalue weighted by Gasteiger charge is 2.62. The number of nitro groups is 1. The highest BCUT2D eigenvalue weighted by atomic mass is 79.9. The first-order valence-corrected chi connectivity index (χ1v) is 11.3. The summed E-state index contributed by atoms with van der Waals surface area (Å²) in [5.41, 5.74) is 0.175. The second-order valence-corrected chi connectivity index (χ2v) is 9.55. The molecule has 2 aromatic carbocycles. The molecule has 0 unspecified atom stereocenters. The average Bonchev–Trinajstić information content (AvgIpc) is 3.47. The van der Waals surface area contributed by atoms with E-state index in [2.05, 4.69) is 15.9 Å². The van der Waals surface area contributed by atoms with Gasteiger partial charge >= 0.3 is 0 Å². The number of nitrogens with zero attached hydrogens (tertiary/aromatic N) is 3. The lowest BCUT2D eigenvalue weighted by atomic mass is 9.81. The predicted molar refractivity (Wildman–Crippen MR) is 117 cm³/mol. The van der Waals surface area contributed by atoms with E-state index in [-0.39, 0.29) is 41.4 Å². The Morgan fingerprint density at radius 3 is 2.22 bits per heavy atom. The maximum Gasteiger partial charge on any atom is 0.282 e. The number of rotatable bonds is 5. The lowest BCUT2D eigenvalue weighted by Crippen LogP contribution is -2.50. The van der Waals surface area contributed by atoms with Gasteiger partial charge in [-0.15, -0.1) is 0 Å². The van der Waals surface area contributed by atoms with Crippen LogP contribution in [0.25, 0.3) is 0 Å². The summed E-state index contributed by atoms with van der Waals surface area (Å²) < 4.78 is 0.845. The molecule has 0 aromatic heterocycles. The van der Waals surface area contributed by atoms with Gasteiger partial charge in [0.25, 0.3) is 23.4 Å². The summed E-state index contributed by atoms with van der Waals surface area (Å²) in [6.07, 6.45) is 2.72. The summed E-state index contributed by atoms with van der Waals surface area (Å²) in [6, 6.07) is 12.7. The lowest BCUT2D eigenvalue weighted by molar-refractivity contribution is -0.385. The number of fused-ring (bicyclic) bond motifs is 5. The number of benzene rings is 2. The first-order valence-electron chi connectivity index (χ1n) is 10.5. The SMILES string of the molecule is O=C(c1ccccc1[N+](=O)[O-])N(Cc1ccc(Br)cc1)N1C(=O)[C@H]2[C@H]3CC[C@@H](C3)[C@@H]2C1=O. The minimum Gasteiger partial charge on any atom is -0.272 e. The van der Waals surface area contributed by atoms with Crippen molar-refractivity contribution in [3.8, 4) is 0 Å². The van der Waals surface area contributed by atoms with Crippen LogP contribution in [0.2, 0.25) is 0 Å². The average molecular weight is 498 g/mol. The Morgan fingerprint density at radius 1 is 1.03 bits per heavy atom. The van der Waals surface area contributed by atoms with E-state index in [0.717, 1.165) is 33.8 Å². The molecule has 0 N–H and O–H groups in total. The van der Waals surface area contributed by atoms with Crippen LogP contribution >= 0.6 is 15.9 Å². The molecule has 2 aromatic rings. The fourth-order valence-electron chi connectivity index (χ4n) is 5.58. The summed E-state index contributed by atoms with van der Waals surface area (Å²) in [5.74, 6) is -1.93. The molecule has 9 heteroatoms. The van der Waals surface area contributed by atoms with Gasteiger partial charge in [-0.2, -0.15) is 5.01 Å². The lowest BCUT2D eigenvalue weighted by Gasteiger charge is -2.31. The Hall–Kier alpha value is -3.07. The highest BCUT2D eigenvalue weighted by molar-refractivity contribution is 9.10. The predicted octanol–water partition coefficient (Wildman–Crippen LogP) is 3.95. The quantitative estimate of drug-likeness (QED) is 0.353. The van der Waals surface area contributed by atoms with Gasteiger partial charge < -0.3 is 0 Å². The second kappa shape index (κ2) is 7.81. The topological polar surface area (TPSA) is 101 Å². The molecule has 0 radical (unpaired) electrons. The van der Waals surface area contributed by atoms with Gasteiger partial charge in [0.1, 0.15) is 5.56 Å². The number of hydrogen-bond acceptors (Lipinski definition) is 5. The van der Waals surface area contributed by atoms with E-state index in [4.69, 9.17) is 0 Å². The summed E-state index contributed by atoms with van der Waals surface area (Å²) in [7, 11) is 0. The number of carbonyl (C=O) groups excluding carboxylic acids is 3. The number of nitro benzene ring substituents is 1. The molecule has 2 bridgehead atoms. The minimum absolute atomic E-state index is 0.0512. The maximum atomic E-state index is 13.6. The van der Waals surface area contributed by atoms with Crippen molar-refractivity contribution in [1.82, 2.24) is 10.0 Å². The minimum atomic E-state index is -0.741. The van der Waals surface area contributed by atoms with Gasteiger partial charge in [-0.05, 0) is 54.9 Å². The molecule has 1 heterocycles. The Balaban J connectivity index is 1.55. The molecule has 1 aliphatic heterocycles. The van der Waals surface area contributed by atoms with Crippen LogP contribution in [0, 0.1) is 33.8 Å². The van der Waals surface area contributed by atoms with Crippen LogP contribution in [0.5, 0.6) is 0 Å². The summed E-state index contributed by atoms with van der Waals surface area (Å²) in [4.78, 5) is 51.3. The van der Waals surface area contributed by atoms with Crippen molar-refractivity contribution in [2.24, 2.45) is 23.7 Å². The fourth-order valence-corrected chi connectivity index (χ4v) is 5.84. The summed E-state index contributed by atoms with van der Waals surface area (Å²) in [6.45, 7) is -0.0512. The van der Waals surface area contributed by atoms with E-state index < -0.39 is 22.7 Å². The zero-order valence-electron chi connectivity index (χ0n) is 17.0. The Bertz CT molecular complexity index is 1110. The van der Waals surface area contributed by atoms with Crippen molar-refractivity contribution < 1.29 is 19.3 Å². The number of halogens is 1. The molecule has 3 aliphatic rings. The van der Waals surface area contributed by atoms with Crippen molar-refractivity contribution in [2.45, 2.75) is 25.8 Å². The molecule has 164 valence electrons. The zero-order valence-corrected chi connectivity index (χ0v) is 18.6. The van der Waals surface area contributed by atoms with Crippen LogP contribution in [0.4, 0.5) is 5.69 Å². The molecule has 3 fully saturated rings. The maximum absolute atomic E-state index is 13.6. The third-order valence-corrected chi connectivity index (χ3v) is 7.49. The van der Waals surface area contributed by atoms with Gasteiger partial charge in [0.05, 0.1) is 23.3 Å². The largest absolute Gasteiger partial charge is 0.282 e. The highest BCUT2D eigenvalue weighted by Crippen LogP contribution is 2.56. The number of imide groups is 1. The zero-order chi connectivity index (χ0) is 22.6. The number of para-hydroxylation sites is 1. The summed E-state index contributed by atoms with van der Waals surface area (Å²) in [5, 5.41) is 13.6. The molecule has 32 heavy (non-hydrogen) atoms. The molecule has 0 spiro atoms. The molecular formula is C23H20BrN3O5. The van der Waals surface area contributed by atoms with Crippen molar-refractivity contribution >= 4 is 39.3 Å². The molecule has 2 saturated carbocycles. The van der Waals surface area contributed by atoms with E-state index in [0.29, 0.717) is 5.56 Å². The van der Waals surface area contributed by atoms with E-state index in [1.807, 2.05) is 0 Å². The van der Waals surface area contributed by atoms with Crippen LogP contribution in [-0.4, -0.2) is 32.7 Å². The van der Waals surface area contributed by atoms with Gasteiger partial charge in [0, 0.05) is 10.5 Å². The molecule has 3 amide bonds. The van der Waals surface area contributed by atoms with Crippen LogP contribution in [0.1, 0.15) is 35.2 Å². The van der Waals surface area contributed by atoms with Crippen molar-refractivity contribution in [3.05, 3.63) is 74.2 Å². The summed E-state index contributed by atoms with van der Waals surface area (Å²) >= 11 is 3.37. The van der Waals surface area contributed by atoms with Gasteiger partial charge in [0.15, 0.2) is 0 Å². The van der Waals surface area contributed by atoms with E-state index >= 15 is 0 Å². The van der Waals surface area contributed by atoms with Crippen LogP contribution in [0.15, 0.2) is 53.0 Å². The van der Waals surface area contributed by atoms with E-state index in [9.17, 15) is 24.5 Å². The normalized spacial score (nSPS) is 25.8. The smallest absolute Gasteiger partial charge is 0.272 e. The third kappa shape index (κ3) is 3.23. The molecular weight excluding hydrogens is 478 g/mol. The van der Waals surface area contributed by atoms with Crippen LogP contribution in [-0.2, 0) is 16.1 Å². The monoisotopic (exact) mass is 497 g/mol. The van der Waals surface area contributed by atoms with Crippen molar-refractivity contribution in [3.63, 3.8) is 0 Å². The Morgan fingerprint density at radius 2 is 1.62 bits per heavy atom. The van der Waals surface area contributed by atoms with Gasteiger partial charge in [-0.25, -0.2) is 5.01 Å². The standard InChI is InChI=1S/C23H20BrN3O5/c24-16-9-5-13(6-10-16)12-25(21(28)17-3-1-2-4-18(17)27(31)32)26-22(29)19-14-7-8-15(11-14)20(19)23(26)30/h1-6,9-10,14-15,19-20H,7-8,11-12H2/t14-,15-,19-,20-/m0/s1. The Kier molecular flexibility index (Phi) is 5.08. The number of carbonyl (C=O) groups is 3. The Labute approximate surface area is 192 Å². The van der Waals surface area contributed by atoms with Gasteiger partial charge in [-0.1, -0.05) is 40.2 Å². The number of amides is 3. The first-order chi connectivity index (χ1) is 15.4. The molecule has 1 saturated heterocycles. The third-order valence-electron chi connectivity index (χ3n) is 6.96. The molecule has 5 rings (SSSR count). The van der Waals surface area contributed by atoms with Gasteiger partial charge in [-0.3, -0.25) is 24.5 Å².